The van der Waals surface area contributed by atoms with E-state index in [0.29, 0.717) is 21.3 Å². The summed E-state index contributed by atoms with van der Waals surface area (Å²) >= 11 is 15.8. The van der Waals surface area contributed by atoms with Crippen LogP contribution in [0, 0.1) is 0 Å². The number of nitrogen functional groups attached to an aromatic ring is 1. The van der Waals surface area contributed by atoms with E-state index < -0.39 is 0 Å². The number of hydrogen-bond acceptors (Lipinski definition) is 3. The first-order valence-electron chi connectivity index (χ1n) is 6.03. The number of aromatic nitrogens is 1. The third-order valence-corrected chi connectivity index (χ3v) is 4.30. The van der Waals surface area contributed by atoms with E-state index in [0.717, 1.165) is 15.6 Å². The van der Waals surface area contributed by atoms with Crippen molar-refractivity contribution in [3.8, 4) is 22.4 Å². The van der Waals surface area contributed by atoms with Crippen molar-refractivity contribution in [2.45, 2.75) is 0 Å². The van der Waals surface area contributed by atoms with Crippen LogP contribution in [0.4, 0.5) is 5.88 Å². The lowest BCUT2D eigenvalue weighted by Crippen LogP contribution is -1.89. The lowest BCUT2D eigenvalue weighted by Gasteiger charge is -2.07. The monoisotopic (exact) mass is 382 g/mol. The van der Waals surface area contributed by atoms with Crippen LogP contribution in [0.1, 0.15) is 0 Å². The molecule has 0 bridgehead atoms. The van der Waals surface area contributed by atoms with Gasteiger partial charge in [0.2, 0.25) is 5.88 Å². The Morgan fingerprint density at radius 2 is 1.81 bits per heavy atom. The highest BCUT2D eigenvalue weighted by Crippen LogP contribution is 2.42. The Kier molecular flexibility index (Phi) is 3.93. The highest BCUT2D eigenvalue weighted by Gasteiger charge is 2.21. The van der Waals surface area contributed by atoms with E-state index in [1.807, 2.05) is 24.3 Å². The van der Waals surface area contributed by atoms with Gasteiger partial charge < -0.3 is 10.3 Å². The van der Waals surface area contributed by atoms with E-state index in [1.165, 1.54) is 0 Å². The average molecular weight is 384 g/mol. The van der Waals surface area contributed by atoms with E-state index in [1.54, 1.807) is 18.2 Å². The molecule has 6 heteroatoms. The topological polar surface area (TPSA) is 52.0 Å². The normalized spacial score (nSPS) is 10.8. The third-order valence-electron chi connectivity index (χ3n) is 3.05. The zero-order valence-electron chi connectivity index (χ0n) is 10.6. The molecule has 0 radical (unpaired) electrons. The molecule has 0 saturated carbocycles. The van der Waals surface area contributed by atoms with Crippen LogP contribution >= 0.6 is 39.1 Å². The molecule has 0 amide bonds. The standard InChI is InChI=1S/C15H9BrCl2N2O/c16-11-6-5-8(17)7-10(11)14-13(15(19)21-20-14)9-3-1-2-4-12(9)18/h1-7H,19H2. The Hall–Kier alpha value is -1.49. The number of nitrogens with two attached hydrogens (primary N) is 1. The van der Waals surface area contributed by atoms with Gasteiger partial charge in [0, 0.05) is 25.6 Å². The fourth-order valence-corrected chi connectivity index (χ4v) is 2.93. The highest BCUT2D eigenvalue weighted by atomic mass is 79.9. The molecule has 0 atom stereocenters. The molecule has 0 aliphatic heterocycles. The van der Waals surface area contributed by atoms with E-state index in [2.05, 4.69) is 21.1 Å². The summed E-state index contributed by atoms with van der Waals surface area (Å²) < 4.78 is 6.00. The SMILES string of the molecule is Nc1onc(-c2cc(Cl)ccc2Br)c1-c1ccccc1Cl. The first-order chi connectivity index (χ1) is 10.1. The third kappa shape index (κ3) is 2.67. The van der Waals surface area contributed by atoms with E-state index in [9.17, 15) is 0 Å². The Bertz CT molecular complexity index is 817. The van der Waals surface area contributed by atoms with Crippen molar-refractivity contribution in [2.75, 3.05) is 5.73 Å². The zero-order valence-corrected chi connectivity index (χ0v) is 13.7. The van der Waals surface area contributed by atoms with E-state index in [4.69, 9.17) is 33.5 Å². The van der Waals surface area contributed by atoms with Gasteiger partial charge in [-0.3, -0.25) is 0 Å². The van der Waals surface area contributed by atoms with Gasteiger partial charge in [-0.2, -0.15) is 0 Å². The largest absolute Gasteiger partial charge is 0.367 e. The van der Waals surface area contributed by atoms with E-state index in [-0.39, 0.29) is 5.88 Å². The fraction of sp³-hybridized carbons (Fsp3) is 0. The summed E-state index contributed by atoms with van der Waals surface area (Å²) in [7, 11) is 0. The summed E-state index contributed by atoms with van der Waals surface area (Å²) in [5, 5.41) is 5.23. The van der Waals surface area contributed by atoms with Crippen LogP contribution in [0.3, 0.4) is 0 Å². The molecular weight excluding hydrogens is 375 g/mol. The molecule has 0 fully saturated rings. The predicted molar refractivity (Wildman–Crippen MR) is 89.5 cm³/mol. The fourth-order valence-electron chi connectivity index (χ4n) is 2.09. The van der Waals surface area contributed by atoms with Gasteiger partial charge in [0.05, 0.1) is 5.56 Å². The Morgan fingerprint density at radius 1 is 1.05 bits per heavy atom. The Labute approximate surface area is 139 Å². The summed E-state index contributed by atoms with van der Waals surface area (Å²) in [6.07, 6.45) is 0. The molecule has 1 aromatic heterocycles. The van der Waals surface area contributed by atoms with Crippen LogP contribution in [0.15, 0.2) is 51.5 Å². The molecule has 0 saturated heterocycles. The van der Waals surface area contributed by atoms with Crippen molar-refractivity contribution in [3.63, 3.8) is 0 Å². The van der Waals surface area contributed by atoms with Crippen molar-refractivity contribution in [3.05, 3.63) is 57.0 Å². The molecule has 2 aromatic carbocycles. The number of rotatable bonds is 2. The summed E-state index contributed by atoms with van der Waals surface area (Å²) in [6, 6.07) is 12.8. The van der Waals surface area contributed by atoms with Crippen molar-refractivity contribution >= 4 is 45.0 Å². The lowest BCUT2D eigenvalue weighted by molar-refractivity contribution is 0.439. The second kappa shape index (κ2) is 5.72. The minimum Gasteiger partial charge on any atom is -0.367 e. The van der Waals surface area contributed by atoms with Gasteiger partial charge in [0.1, 0.15) is 5.69 Å². The Morgan fingerprint density at radius 3 is 2.57 bits per heavy atom. The average Bonchev–Trinajstić information content (AvgIpc) is 2.84. The molecule has 0 aliphatic carbocycles. The van der Waals surface area contributed by atoms with Crippen molar-refractivity contribution < 1.29 is 4.52 Å². The molecule has 0 aliphatic rings. The van der Waals surface area contributed by atoms with Gasteiger partial charge in [0.25, 0.3) is 0 Å². The maximum Gasteiger partial charge on any atom is 0.230 e. The van der Waals surface area contributed by atoms with Gasteiger partial charge >= 0.3 is 0 Å². The summed E-state index contributed by atoms with van der Waals surface area (Å²) in [5.41, 5.74) is 8.73. The minimum absolute atomic E-state index is 0.213. The van der Waals surface area contributed by atoms with Crippen LogP contribution in [0.25, 0.3) is 22.4 Å². The van der Waals surface area contributed by atoms with Crippen LogP contribution < -0.4 is 5.73 Å². The number of hydrogen-bond donors (Lipinski definition) is 1. The maximum atomic E-state index is 6.26. The van der Waals surface area contributed by atoms with Crippen LogP contribution in [-0.4, -0.2) is 5.16 Å². The summed E-state index contributed by atoms with van der Waals surface area (Å²) in [6.45, 7) is 0. The number of halogens is 3. The van der Waals surface area contributed by atoms with Crippen molar-refractivity contribution in [1.82, 2.24) is 5.16 Å². The second-order valence-corrected chi connectivity index (χ2v) is 6.07. The first-order valence-corrected chi connectivity index (χ1v) is 7.58. The minimum atomic E-state index is 0.213. The van der Waals surface area contributed by atoms with Crippen LogP contribution in [0.2, 0.25) is 10.0 Å². The van der Waals surface area contributed by atoms with Crippen molar-refractivity contribution in [1.29, 1.82) is 0 Å². The molecule has 1 heterocycles. The van der Waals surface area contributed by atoms with E-state index >= 15 is 0 Å². The molecule has 0 unspecified atom stereocenters. The molecule has 21 heavy (non-hydrogen) atoms. The summed E-state index contributed by atoms with van der Waals surface area (Å²) in [4.78, 5) is 0. The van der Waals surface area contributed by atoms with Gasteiger partial charge in [-0.1, -0.05) is 62.5 Å². The van der Waals surface area contributed by atoms with Crippen LogP contribution in [0.5, 0.6) is 0 Å². The van der Waals surface area contributed by atoms with Gasteiger partial charge in [-0.25, -0.2) is 0 Å². The lowest BCUT2D eigenvalue weighted by atomic mass is 10.0. The zero-order chi connectivity index (χ0) is 15.0. The number of nitrogens with zero attached hydrogens (tertiary/aromatic N) is 1. The van der Waals surface area contributed by atoms with Gasteiger partial charge in [-0.15, -0.1) is 0 Å². The smallest absolute Gasteiger partial charge is 0.230 e. The van der Waals surface area contributed by atoms with Crippen LogP contribution in [-0.2, 0) is 0 Å². The number of benzene rings is 2. The molecule has 106 valence electrons. The second-order valence-electron chi connectivity index (χ2n) is 4.37. The molecule has 2 N–H and O–H groups in total. The van der Waals surface area contributed by atoms with Crippen molar-refractivity contribution in [2.24, 2.45) is 0 Å². The molecule has 0 spiro atoms. The quantitative estimate of drug-likeness (QED) is 0.621. The molecular formula is C15H9BrCl2N2O. The highest BCUT2D eigenvalue weighted by molar-refractivity contribution is 9.10. The Balaban J connectivity index is 2.27. The van der Waals surface area contributed by atoms with Gasteiger partial charge in [0.15, 0.2) is 0 Å². The molecule has 3 aromatic rings. The number of anilines is 1. The van der Waals surface area contributed by atoms with Gasteiger partial charge in [-0.05, 0) is 24.3 Å². The molecule has 3 rings (SSSR count). The first kappa shape index (κ1) is 14.4. The summed E-state index contributed by atoms with van der Waals surface area (Å²) in [5.74, 6) is 0.213. The molecule has 3 nitrogen and oxygen atoms in total. The predicted octanol–water partition coefficient (Wildman–Crippen LogP) is 5.66. The maximum absolute atomic E-state index is 6.26.